The van der Waals surface area contributed by atoms with Gasteiger partial charge in [0.15, 0.2) is 0 Å². The highest BCUT2D eigenvalue weighted by molar-refractivity contribution is 7.80. The molecular formula is C16H18N2S2. The third kappa shape index (κ3) is 4.69. The van der Waals surface area contributed by atoms with Crippen molar-refractivity contribution in [2.45, 2.75) is 12.8 Å². The fourth-order valence-electron chi connectivity index (χ4n) is 1.83. The van der Waals surface area contributed by atoms with Crippen LogP contribution in [0.4, 0.5) is 11.4 Å². The van der Waals surface area contributed by atoms with Gasteiger partial charge in [0.05, 0.1) is 11.4 Å². The van der Waals surface area contributed by atoms with E-state index < -0.39 is 0 Å². The van der Waals surface area contributed by atoms with Gasteiger partial charge in [0, 0.05) is 0 Å². The molecule has 0 unspecified atom stereocenters. The Kier molecular flexibility index (Phi) is 6.15. The first kappa shape index (κ1) is 15.1. The molecule has 0 amide bonds. The normalized spacial score (nSPS) is 11.1. The zero-order valence-electron chi connectivity index (χ0n) is 11.2. The standard InChI is InChI=1S/C16H18N2S2/c19-11-9-13-1-5-15(6-2-13)17-18-16-7-3-14(4-8-16)10-12-20/h1-8,19-20H,9-12H2. The van der Waals surface area contributed by atoms with Crippen molar-refractivity contribution in [3.05, 3.63) is 59.7 Å². The Balaban J connectivity index is 2.01. The molecule has 0 spiro atoms. The molecule has 0 aliphatic rings. The summed E-state index contributed by atoms with van der Waals surface area (Å²) in [7, 11) is 0. The first-order chi connectivity index (χ1) is 9.81. The molecule has 2 aromatic rings. The van der Waals surface area contributed by atoms with Crippen LogP contribution in [0.25, 0.3) is 0 Å². The van der Waals surface area contributed by atoms with Crippen LogP contribution in [-0.4, -0.2) is 11.5 Å². The molecule has 0 atom stereocenters. The molecule has 2 nitrogen and oxygen atoms in total. The third-order valence-corrected chi connectivity index (χ3v) is 3.40. The second kappa shape index (κ2) is 8.12. The molecule has 0 bridgehead atoms. The molecule has 0 radical (unpaired) electrons. The van der Waals surface area contributed by atoms with Crippen LogP contribution in [-0.2, 0) is 12.8 Å². The topological polar surface area (TPSA) is 24.7 Å². The van der Waals surface area contributed by atoms with Crippen molar-refractivity contribution in [3.63, 3.8) is 0 Å². The Bertz CT molecular complexity index is 496. The molecule has 2 rings (SSSR count). The van der Waals surface area contributed by atoms with Gasteiger partial charge in [0.1, 0.15) is 0 Å². The summed E-state index contributed by atoms with van der Waals surface area (Å²) in [6, 6.07) is 16.2. The fraction of sp³-hybridized carbons (Fsp3) is 0.250. The SMILES string of the molecule is SCCc1ccc(N=Nc2ccc(CCS)cc2)cc1. The average molecular weight is 302 g/mol. The van der Waals surface area contributed by atoms with Crippen LogP contribution < -0.4 is 0 Å². The van der Waals surface area contributed by atoms with Crippen LogP contribution in [0.5, 0.6) is 0 Å². The van der Waals surface area contributed by atoms with Crippen molar-refractivity contribution in [2.75, 3.05) is 11.5 Å². The summed E-state index contributed by atoms with van der Waals surface area (Å²) in [6.45, 7) is 0. The Labute approximate surface area is 131 Å². The summed E-state index contributed by atoms with van der Waals surface area (Å²) in [5, 5.41) is 8.49. The second-order valence-electron chi connectivity index (χ2n) is 4.48. The number of hydrogen-bond acceptors (Lipinski definition) is 4. The van der Waals surface area contributed by atoms with E-state index in [1.807, 2.05) is 24.3 Å². The van der Waals surface area contributed by atoms with Crippen LogP contribution in [0.3, 0.4) is 0 Å². The predicted molar refractivity (Wildman–Crippen MR) is 92.2 cm³/mol. The summed E-state index contributed by atoms with van der Waals surface area (Å²) >= 11 is 8.45. The quantitative estimate of drug-likeness (QED) is 0.551. The molecule has 0 N–H and O–H groups in total. The average Bonchev–Trinajstić information content (AvgIpc) is 2.49. The minimum Gasteiger partial charge on any atom is -0.179 e. The van der Waals surface area contributed by atoms with Crippen molar-refractivity contribution < 1.29 is 0 Å². The van der Waals surface area contributed by atoms with Crippen LogP contribution in [0.1, 0.15) is 11.1 Å². The smallest absolute Gasteiger partial charge is 0.0857 e. The summed E-state index contributed by atoms with van der Waals surface area (Å²) in [6.07, 6.45) is 1.96. The maximum atomic E-state index is 4.24. The van der Waals surface area contributed by atoms with E-state index in [1.54, 1.807) is 0 Å². The first-order valence-electron chi connectivity index (χ1n) is 6.63. The number of azo groups is 1. The zero-order valence-corrected chi connectivity index (χ0v) is 13.0. The summed E-state index contributed by atoms with van der Waals surface area (Å²) < 4.78 is 0. The number of rotatable bonds is 6. The van der Waals surface area contributed by atoms with Crippen molar-refractivity contribution in [1.82, 2.24) is 0 Å². The van der Waals surface area contributed by atoms with E-state index in [2.05, 4.69) is 59.8 Å². The molecule has 0 aromatic heterocycles. The molecule has 4 heteroatoms. The van der Waals surface area contributed by atoms with Gasteiger partial charge in [-0.05, 0) is 59.7 Å². The van der Waals surface area contributed by atoms with Gasteiger partial charge in [-0.15, -0.1) is 0 Å². The van der Waals surface area contributed by atoms with Crippen LogP contribution in [0, 0.1) is 0 Å². The van der Waals surface area contributed by atoms with E-state index in [0.717, 1.165) is 35.7 Å². The highest BCUT2D eigenvalue weighted by atomic mass is 32.1. The third-order valence-electron chi connectivity index (χ3n) is 2.95. The maximum absolute atomic E-state index is 4.24. The molecule has 0 aliphatic heterocycles. The van der Waals surface area contributed by atoms with Crippen LogP contribution in [0.2, 0.25) is 0 Å². The minimum absolute atomic E-state index is 0.861. The van der Waals surface area contributed by atoms with Gasteiger partial charge in [0.25, 0.3) is 0 Å². The minimum atomic E-state index is 0.861. The van der Waals surface area contributed by atoms with Crippen molar-refractivity contribution in [1.29, 1.82) is 0 Å². The van der Waals surface area contributed by atoms with E-state index in [9.17, 15) is 0 Å². The van der Waals surface area contributed by atoms with Crippen molar-refractivity contribution >= 4 is 36.6 Å². The number of hydrogen-bond donors (Lipinski definition) is 2. The Morgan fingerprint density at radius 2 is 0.950 bits per heavy atom. The lowest BCUT2D eigenvalue weighted by Crippen LogP contribution is -1.84. The van der Waals surface area contributed by atoms with Gasteiger partial charge < -0.3 is 0 Å². The summed E-state index contributed by atoms with van der Waals surface area (Å²) in [4.78, 5) is 0. The number of nitrogens with zero attached hydrogens (tertiary/aromatic N) is 2. The van der Waals surface area contributed by atoms with Gasteiger partial charge in [-0.3, -0.25) is 0 Å². The predicted octanol–water partition coefficient (Wildman–Crippen LogP) is 5.05. The zero-order chi connectivity index (χ0) is 14.2. The molecule has 0 aliphatic carbocycles. The van der Waals surface area contributed by atoms with Crippen LogP contribution in [0.15, 0.2) is 58.8 Å². The first-order valence-corrected chi connectivity index (χ1v) is 7.89. The molecule has 2 aromatic carbocycles. The van der Waals surface area contributed by atoms with Gasteiger partial charge in [-0.2, -0.15) is 35.5 Å². The Morgan fingerprint density at radius 3 is 1.25 bits per heavy atom. The molecule has 20 heavy (non-hydrogen) atoms. The summed E-state index contributed by atoms with van der Waals surface area (Å²) in [5.41, 5.74) is 4.28. The molecule has 104 valence electrons. The lowest BCUT2D eigenvalue weighted by Gasteiger charge is -1.99. The molecule has 0 saturated carbocycles. The second-order valence-corrected chi connectivity index (χ2v) is 5.37. The highest BCUT2D eigenvalue weighted by Gasteiger charge is 1.95. The van der Waals surface area contributed by atoms with Gasteiger partial charge in [-0.25, -0.2) is 0 Å². The maximum Gasteiger partial charge on any atom is 0.0857 e. The van der Waals surface area contributed by atoms with Gasteiger partial charge in [0.2, 0.25) is 0 Å². The van der Waals surface area contributed by atoms with Crippen LogP contribution >= 0.6 is 25.3 Å². The summed E-state index contributed by atoms with van der Waals surface area (Å²) in [5.74, 6) is 1.72. The molecular weight excluding hydrogens is 284 g/mol. The molecule has 0 fully saturated rings. The largest absolute Gasteiger partial charge is 0.179 e. The van der Waals surface area contributed by atoms with E-state index >= 15 is 0 Å². The molecule has 0 heterocycles. The number of aryl methyl sites for hydroxylation is 2. The highest BCUT2D eigenvalue weighted by Crippen LogP contribution is 2.19. The van der Waals surface area contributed by atoms with Crippen molar-refractivity contribution in [2.24, 2.45) is 10.2 Å². The lowest BCUT2D eigenvalue weighted by molar-refractivity contribution is 1.15. The van der Waals surface area contributed by atoms with E-state index in [-0.39, 0.29) is 0 Å². The number of benzene rings is 2. The van der Waals surface area contributed by atoms with E-state index in [4.69, 9.17) is 0 Å². The number of thiol groups is 2. The van der Waals surface area contributed by atoms with Gasteiger partial charge >= 0.3 is 0 Å². The lowest BCUT2D eigenvalue weighted by atomic mass is 10.1. The Morgan fingerprint density at radius 1 is 0.600 bits per heavy atom. The van der Waals surface area contributed by atoms with Crippen molar-refractivity contribution in [3.8, 4) is 0 Å². The van der Waals surface area contributed by atoms with E-state index in [1.165, 1.54) is 11.1 Å². The Hall–Kier alpha value is -1.26. The fourth-order valence-corrected chi connectivity index (χ4v) is 2.35. The van der Waals surface area contributed by atoms with E-state index in [0.29, 0.717) is 0 Å². The van der Waals surface area contributed by atoms with Gasteiger partial charge in [-0.1, -0.05) is 24.3 Å². The monoisotopic (exact) mass is 302 g/mol. The molecule has 0 saturated heterocycles.